The molecule has 0 unspecified atom stereocenters. The highest BCUT2D eigenvalue weighted by Gasteiger charge is 2.23. The van der Waals surface area contributed by atoms with E-state index in [1.807, 2.05) is 30.3 Å². The molecule has 0 saturated carbocycles. The third-order valence-electron chi connectivity index (χ3n) is 4.04. The Hall–Kier alpha value is -0.850. The zero-order valence-corrected chi connectivity index (χ0v) is 20.0. The van der Waals surface area contributed by atoms with Crippen LogP contribution in [0.15, 0.2) is 39.3 Å². The maximum Gasteiger partial charge on any atom is 0.334 e. The highest BCUT2D eigenvalue weighted by atomic mass is 79.9. The Morgan fingerprint density at radius 3 is 2.07 bits per heavy atom. The zero-order valence-electron chi connectivity index (χ0n) is 15.9. The molecule has 0 saturated heterocycles. The van der Waals surface area contributed by atoms with E-state index >= 15 is 0 Å². The van der Waals surface area contributed by atoms with Crippen LogP contribution >= 0.6 is 39.5 Å². The predicted octanol–water partition coefficient (Wildman–Crippen LogP) is 7.12. The molecular weight excluding hydrogens is 499 g/mol. The minimum absolute atomic E-state index is 0.164. The summed E-state index contributed by atoms with van der Waals surface area (Å²) in [6.45, 7) is 4.20. The highest BCUT2D eigenvalue weighted by Crippen LogP contribution is 2.51. The number of methoxy groups -OCH3 is 1. The highest BCUT2D eigenvalue weighted by molar-refractivity contribution is 9.11. The van der Waals surface area contributed by atoms with E-state index in [4.69, 9.17) is 18.5 Å². The van der Waals surface area contributed by atoms with Crippen molar-refractivity contribution in [1.29, 1.82) is 0 Å². The van der Waals surface area contributed by atoms with E-state index < -0.39 is 7.60 Å². The Morgan fingerprint density at radius 2 is 1.59 bits per heavy atom. The summed E-state index contributed by atoms with van der Waals surface area (Å²) < 4.78 is 35.4. The fourth-order valence-electron chi connectivity index (χ4n) is 2.54. The maximum absolute atomic E-state index is 12.4. The SMILES string of the molecule is COc1ccc(Oc2c(Br)cc(CP(=O)(OC)OC)cc2Br)c(C(C)C)c1. The van der Waals surface area contributed by atoms with Gasteiger partial charge < -0.3 is 18.5 Å². The average molecular weight is 522 g/mol. The first-order valence-corrected chi connectivity index (χ1v) is 11.6. The molecule has 0 heterocycles. The normalized spacial score (nSPS) is 11.7. The fraction of sp³-hybridized carbons (Fsp3) is 0.368. The van der Waals surface area contributed by atoms with Gasteiger partial charge in [0.25, 0.3) is 0 Å². The van der Waals surface area contributed by atoms with Gasteiger partial charge >= 0.3 is 7.60 Å². The van der Waals surface area contributed by atoms with Gasteiger partial charge in [-0.05, 0) is 73.7 Å². The smallest absolute Gasteiger partial charge is 0.334 e. The van der Waals surface area contributed by atoms with Crippen LogP contribution in [0.2, 0.25) is 0 Å². The predicted molar refractivity (Wildman–Crippen MR) is 114 cm³/mol. The minimum atomic E-state index is -3.15. The molecule has 5 nitrogen and oxygen atoms in total. The number of benzene rings is 2. The second-order valence-electron chi connectivity index (χ2n) is 6.18. The summed E-state index contributed by atoms with van der Waals surface area (Å²) in [7, 11) is 1.25. The van der Waals surface area contributed by atoms with Gasteiger partial charge in [0.05, 0.1) is 22.2 Å². The molecule has 0 spiro atoms. The lowest BCUT2D eigenvalue weighted by Gasteiger charge is -2.18. The van der Waals surface area contributed by atoms with Gasteiger partial charge in [0, 0.05) is 19.8 Å². The molecule has 0 aliphatic carbocycles. The van der Waals surface area contributed by atoms with Crippen LogP contribution in [-0.4, -0.2) is 21.3 Å². The van der Waals surface area contributed by atoms with Gasteiger partial charge in [-0.15, -0.1) is 0 Å². The summed E-state index contributed by atoms with van der Waals surface area (Å²) in [5, 5.41) is 0. The number of halogens is 2. The van der Waals surface area contributed by atoms with Crippen LogP contribution in [-0.2, 0) is 19.8 Å². The monoisotopic (exact) mass is 520 g/mol. The number of hydrogen-bond acceptors (Lipinski definition) is 5. The molecule has 0 aromatic heterocycles. The van der Waals surface area contributed by atoms with Crippen molar-refractivity contribution in [3.05, 3.63) is 50.4 Å². The summed E-state index contributed by atoms with van der Waals surface area (Å²) >= 11 is 7.09. The van der Waals surface area contributed by atoms with Crippen LogP contribution < -0.4 is 9.47 Å². The van der Waals surface area contributed by atoms with Crippen LogP contribution in [0.5, 0.6) is 17.2 Å². The lowest BCUT2D eigenvalue weighted by molar-refractivity contribution is 0.275. The number of hydrogen-bond donors (Lipinski definition) is 0. The summed E-state index contributed by atoms with van der Waals surface area (Å²) in [6.07, 6.45) is 0.164. The van der Waals surface area contributed by atoms with Gasteiger partial charge in [0.15, 0.2) is 5.75 Å². The molecule has 2 aromatic rings. The zero-order chi connectivity index (χ0) is 20.2. The molecule has 27 heavy (non-hydrogen) atoms. The van der Waals surface area contributed by atoms with Crippen LogP contribution in [0, 0.1) is 0 Å². The first-order valence-electron chi connectivity index (χ1n) is 8.27. The lowest BCUT2D eigenvalue weighted by Crippen LogP contribution is -1.98. The van der Waals surface area contributed by atoms with Gasteiger partial charge in [0.2, 0.25) is 0 Å². The Balaban J connectivity index is 2.37. The molecule has 2 aromatic carbocycles. The number of ether oxygens (including phenoxy) is 2. The Kier molecular flexibility index (Phi) is 7.95. The van der Waals surface area contributed by atoms with Crippen LogP contribution in [0.1, 0.15) is 30.9 Å². The molecule has 0 atom stereocenters. The molecule has 0 amide bonds. The van der Waals surface area contributed by atoms with E-state index in [1.54, 1.807) is 7.11 Å². The number of rotatable bonds is 8. The molecule has 0 fully saturated rings. The molecule has 0 radical (unpaired) electrons. The van der Waals surface area contributed by atoms with E-state index in [-0.39, 0.29) is 12.1 Å². The van der Waals surface area contributed by atoms with E-state index in [1.165, 1.54) is 14.2 Å². The molecular formula is C19H23Br2O5P. The van der Waals surface area contributed by atoms with Gasteiger partial charge in [0.1, 0.15) is 11.5 Å². The molecule has 0 aliphatic heterocycles. The van der Waals surface area contributed by atoms with Crippen molar-refractivity contribution in [3.63, 3.8) is 0 Å². The second kappa shape index (κ2) is 9.57. The first kappa shape index (κ1) is 22.4. The molecule has 148 valence electrons. The Bertz CT molecular complexity index is 823. The second-order valence-corrected chi connectivity index (χ2v) is 10.2. The van der Waals surface area contributed by atoms with E-state index in [2.05, 4.69) is 45.7 Å². The molecule has 0 N–H and O–H groups in total. The lowest BCUT2D eigenvalue weighted by atomic mass is 10.0. The van der Waals surface area contributed by atoms with Crippen molar-refractivity contribution in [1.82, 2.24) is 0 Å². The quantitative estimate of drug-likeness (QED) is 0.346. The Labute approximate surface area is 177 Å². The van der Waals surface area contributed by atoms with E-state index in [0.717, 1.165) is 31.6 Å². The van der Waals surface area contributed by atoms with Gasteiger partial charge in [-0.25, -0.2) is 0 Å². The Morgan fingerprint density at radius 1 is 1.00 bits per heavy atom. The first-order chi connectivity index (χ1) is 12.7. The third kappa shape index (κ3) is 5.58. The van der Waals surface area contributed by atoms with Crippen molar-refractivity contribution >= 4 is 39.5 Å². The van der Waals surface area contributed by atoms with Crippen LogP contribution in [0.3, 0.4) is 0 Å². The molecule has 2 rings (SSSR count). The summed E-state index contributed by atoms with van der Waals surface area (Å²) in [5.41, 5.74) is 1.84. The van der Waals surface area contributed by atoms with Crippen LogP contribution in [0.25, 0.3) is 0 Å². The molecule has 0 aliphatic rings. The van der Waals surface area contributed by atoms with E-state index in [0.29, 0.717) is 5.75 Å². The topological polar surface area (TPSA) is 54.0 Å². The summed E-state index contributed by atoms with van der Waals surface area (Å²) in [6, 6.07) is 9.44. The minimum Gasteiger partial charge on any atom is -0.497 e. The van der Waals surface area contributed by atoms with Crippen molar-refractivity contribution in [2.75, 3.05) is 21.3 Å². The molecule has 8 heteroatoms. The van der Waals surface area contributed by atoms with Crippen molar-refractivity contribution in [2.45, 2.75) is 25.9 Å². The fourth-order valence-corrected chi connectivity index (χ4v) is 5.02. The van der Waals surface area contributed by atoms with Gasteiger partial charge in [-0.3, -0.25) is 4.57 Å². The van der Waals surface area contributed by atoms with Crippen molar-refractivity contribution in [3.8, 4) is 17.2 Å². The van der Waals surface area contributed by atoms with E-state index in [9.17, 15) is 4.57 Å². The van der Waals surface area contributed by atoms with Gasteiger partial charge in [-0.2, -0.15) is 0 Å². The largest absolute Gasteiger partial charge is 0.497 e. The average Bonchev–Trinajstić information content (AvgIpc) is 2.64. The summed E-state index contributed by atoms with van der Waals surface area (Å²) in [5.74, 6) is 2.44. The third-order valence-corrected chi connectivity index (χ3v) is 7.08. The molecule has 0 bridgehead atoms. The standard InChI is InChI=1S/C19H23Br2O5P/c1-12(2)15-10-14(23-3)6-7-18(15)26-19-16(20)8-13(9-17(19)21)11-27(22,24-4)25-5/h6-10,12H,11H2,1-5H3. The van der Waals surface area contributed by atoms with Gasteiger partial charge in [-0.1, -0.05) is 13.8 Å². The van der Waals surface area contributed by atoms with Crippen LogP contribution in [0.4, 0.5) is 0 Å². The maximum atomic E-state index is 12.4. The van der Waals surface area contributed by atoms with Crippen molar-refractivity contribution in [2.24, 2.45) is 0 Å². The summed E-state index contributed by atoms with van der Waals surface area (Å²) in [4.78, 5) is 0. The van der Waals surface area contributed by atoms with Crippen molar-refractivity contribution < 1.29 is 23.1 Å².